The second-order valence-corrected chi connectivity index (χ2v) is 9.06. The van der Waals surface area contributed by atoms with Crippen molar-refractivity contribution in [2.24, 2.45) is 0 Å². The number of benzene rings is 4. The second kappa shape index (κ2) is 8.04. The highest BCUT2D eigenvalue weighted by atomic mass is 35.5. The van der Waals surface area contributed by atoms with Crippen LogP contribution in [0.25, 0.3) is 27.6 Å². The molecule has 4 aromatic carbocycles. The summed E-state index contributed by atoms with van der Waals surface area (Å²) in [5, 5.41) is 4.78. The number of amides is 2. The molecule has 1 aliphatic rings. The van der Waals surface area contributed by atoms with E-state index in [1.807, 2.05) is 42.5 Å². The lowest BCUT2D eigenvalue weighted by Crippen LogP contribution is -2.27. The normalized spacial score (nSPS) is 15.5. The third-order valence-electron chi connectivity index (χ3n) is 5.29. The van der Waals surface area contributed by atoms with E-state index in [1.54, 1.807) is 18.2 Å². The van der Waals surface area contributed by atoms with Gasteiger partial charge >= 0.3 is 0 Å². The second-order valence-electron chi connectivity index (χ2n) is 7.25. The quantitative estimate of drug-likeness (QED) is 0.232. The number of hydrogen-bond acceptors (Lipinski definition) is 3. The smallest absolute Gasteiger partial charge is 0.268 e. The van der Waals surface area contributed by atoms with E-state index in [1.165, 1.54) is 4.90 Å². The van der Waals surface area contributed by atoms with Crippen molar-refractivity contribution in [3.8, 4) is 0 Å². The molecule has 1 saturated heterocycles. The first kappa shape index (κ1) is 20.1. The Bertz CT molecular complexity index is 1360. The molecule has 0 unspecified atom stereocenters. The van der Waals surface area contributed by atoms with Crippen molar-refractivity contribution < 1.29 is 9.59 Å². The van der Waals surface area contributed by atoms with Gasteiger partial charge in [0.15, 0.2) is 0 Å². The lowest BCUT2D eigenvalue weighted by molar-refractivity contribution is -0.123. The lowest BCUT2D eigenvalue weighted by atomic mass is 9.96. The van der Waals surface area contributed by atoms with Gasteiger partial charge in [0, 0.05) is 0 Å². The molecule has 0 saturated carbocycles. The van der Waals surface area contributed by atoms with Crippen LogP contribution >= 0.6 is 35.0 Å². The summed E-state index contributed by atoms with van der Waals surface area (Å²) in [6, 6.07) is 23.3. The minimum absolute atomic E-state index is 0.148. The Morgan fingerprint density at radius 1 is 0.806 bits per heavy atom. The van der Waals surface area contributed by atoms with Gasteiger partial charge in [-0.2, -0.15) is 0 Å². The van der Waals surface area contributed by atoms with Crippen LogP contribution in [0, 0.1) is 0 Å². The molecule has 5 rings (SSSR count). The summed E-state index contributed by atoms with van der Waals surface area (Å²) < 4.78 is 0. The third kappa shape index (κ3) is 3.72. The topological polar surface area (TPSA) is 37.4 Å². The van der Waals surface area contributed by atoms with Crippen LogP contribution in [0.15, 0.2) is 77.7 Å². The van der Waals surface area contributed by atoms with E-state index in [4.69, 9.17) is 23.2 Å². The highest BCUT2D eigenvalue weighted by Crippen LogP contribution is 2.37. The molecule has 0 N–H and O–H groups in total. The van der Waals surface area contributed by atoms with Gasteiger partial charge in [-0.1, -0.05) is 77.8 Å². The predicted octanol–water partition coefficient (Wildman–Crippen LogP) is 7.54. The zero-order valence-electron chi connectivity index (χ0n) is 16.1. The van der Waals surface area contributed by atoms with Crippen LogP contribution in [0.1, 0.15) is 11.1 Å². The Morgan fingerprint density at radius 3 is 2.10 bits per heavy atom. The molecule has 152 valence electrons. The molecule has 0 spiro atoms. The van der Waals surface area contributed by atoms with Gasteiger partial charge in [-0.15, -0.1) is 0 Å². The number of rotatable bonds is 3. The molecule has 0 bridgehead atoms. The monoisotopic (exact) mass is 463 g/mol. The molecule has 0 aliphatic carbocycles. The van der Waals surface area contributed by atoms with Gasteiger partial charge in [0.25, 0.3) is 11.1 Å². The van der Waals surface area contributed by atoms with Crippen LogP contribution in [-0.4, -0.2) is 16.0 Å². The molecule has 2 amide bonds. The number of nitrogens with zero attached hydrogens (tertiary/aromatic N) is 1. The maximum Gasteiger partial charge on any atom is 0.293 e. The Balaban J connectivity index is 1.57. The molecule has 0 radical (unpaired) electrons. The summed E-state index contributed by atoms with van der Waals surface area (Å²) in [7, 11) is 0. The lowest BCUT2D eigenvalue weighted by Gasteiger charge is -2.13. The number of imide groups is 1. The fraction of sp³-hybridized carbons (Fsp3) is 0.0400. The van der Waals surface area contributed by atoms with E-state index in [2.05, 4.69) is 18.2 Å². The maximum absolute atomic E-state index is 13.1. The summed E-state index contributed by atoms with van der Waals surface area (Å²) >= 11 is 13.0. The molecule has 1 heterocycles. The molecule has 0 atom stereocenters. The minimum atomic E-state index is -0.307. The van der Waals surface area contributed by atoms with Gasteiger partial charge in [-0.25, -0.2) is 0 Å². The Morgan fingerprint density at radius 2 is 1.45 bits per heavy atom. The zero-order chi connectivity index (χ0) is 21.5. The Hall–Kier alpha value is -2.79. The highest BCUT2D eigenvalue weighted by molar-refractivity contribution is 8.18. The largest absolute Gasteiger partial charge is 0.293 e. The number of carbonyl (C=O) groups excluding carboxylic acids is 2. The third-order valence-corrected chi connectivity index (χ3v) is 6.93. The van der Waals surface area contributed by atoms with Gasteiger partial charge < -0.3 is 0 Å². The van der Waals surface area contributed by atoms with Crippen LogP contribution in [0.4, 0.5) is 4.79 Å². The van der Waals surface area contributed by atoms with Gasteiger partial charge in [-0.05, 0) is 68.7 Å². The van der Waals surface area contributed by atoms with E-state index in [-0.39, 0.29) is 17.7 Å². The summed E-state index contributed by atoms with van der Waals surface area (Å²) in [4.78, 5) is 27.4. The van der Waals surface area contributed by atoms with E-state index in [0.717, 1.165) is 44.4 Å². The average molecular weight is 464 g/mol. The molecule has 31 heavy (non-hydrogen) atoms. The Kier molecular flexibility index (Phi) is 5.22. The van der Waals surface area contributed by atoms with Crippen molar-refractivity contribution in [3.05, 3.63) is 98.9 Å². The van der Waals surface area contributed by atoms with Crippen molar-refractivity contribution in [1.82, 2.24) is 4.90 Å². The molecular weight excluding hydrogens is 449 g/mol. The van der Waals surface area contributed by atoms with E-state index >= 15 is 0 Å². The fourth-order valence-electron chi connectivity index (χ4n) is 3.79. The van der Waals surface area contributed by atoms with Gasteiger partial charge in [0.2, 0.25) is 0 Å². The van der Waals surface area contributed by atoms with Gasteiger partial charge in [0.05, 0.1) is 21.5 Å². The first-order valence-corrected chi connectivity index (χ1v) is 11.2. The fourth-order valence-corrected chi connectivity index (χ4v) is 4.93. The molecule has 6 heteroatoms. The average Bonchev–Trinajstić information content (AvgIpc) is 3.03. The molecule has 0 aromatic heterocycles. The summed E-state index contributed by atoms with van der Waals surface area (Å²) in [5.41, 5.74) is 1.68. The van der Waals surface area contributed by atoms with Crippen LogP contribution < -0.4 is 0 Å². The maximum atomic E-state index is 13.1. The number of thioether (sulfide) groups is 1. The van der Waals surface area contributed by atoms with E-state index in [9.17, 15) is 9.59 Å². The zero-order valence-corrected chi connectivity index (χ0v) is 18.5. The van der Waals surface area contributed by atoms with Gasteiger partial charge in [0.1, 0.15) is 0 Å². The van der Waals surface area contributed by atoms with Crippen molar-refractivity contribution >= 4 is 73.7 Å². The number of fused-ring (bicyclic) bond motifs is 2. The summed E-state index contributed by atoms with van der Waals surface area (Å²) in [6.45, 7) is 0.148. The molecule has 1 fully saturated rings. The number of halogens is 2. The molecule has 3 nitrogen and oxygen atoms in total. The number of hydrogen-bond donors (Lipinski definition) is 0. The first-order chi connectivity index (χ1) is 15.0. The van der Waals surface area contributed by atoms with Crippen LogP contribution in [0.5, 0.6) is 0 Å². The van der Waals surface area contributed by atoms with E-state index < -0.39 is 0 Å². The molecule has 4 aromatic rings. The Labute approximate surface area is 193 Å². The summed E-state index contributed by atoms with van der Waals surface area (Å²) in [5.74, 6) is -0.307. The van der Waals surface area contributed by atoms with Crippen LogP contribution in [0.2, 0.25) is 10.0 Å². The highest BCUT2D eigenvalue weighted by Gasteiger charge is 2.35. The first-order valence-electron chi connectivity index (χ1n) is 9.61. The molecule has 1 aliphatic heterocycles. The number of carbonyl (C=O) groups is 2. The van der Waals surface area contributed by atoms with Crippen molar-refractivity contribution in [1.29, 1.82) is 0 Å². The van der Waals surface area contributed by atoms with Crippen molar-refractivity contribution in [3.63, 3.8) is 0 Å². The SMILES string of the molecule is O=C1S/C(=C\c2c3ccccc3cc3ccccc23)C(=O)N1Cc1ccc(Cl)c(Cl)c1. The van der Waals surface area contributed by atoms with Crippen LogP contribution in [-0.2, 0) is 11.3 Å². The molecular formula is C25H15Cl2NO2S. The van der Waals surface area contributed by atoms with E-state index in [0.29, 0.717) is 15.0 Å². The van der Waals surface area contributed by atoms with Crippen LogP contribution in [0.3, 0.4) is 0 Å². The summed E-state index contributed by atoms with van der Waals surface area (Å²) in [6.07, 6.45) is 1.84. The van der Waals surface area contributed by atoms with Gasteiger partial charge in [-0.3, -0.25) is 14.5 Å². The predicted molar refractivity (Wildman–Crippen MR) is 129 cm³/mol. The van der Waals surface area contributed by atoms with Crippen molar-refractivity contribution in [2.45, 2.75) is 6.54 Å². The van der Waals surface area contributed by atoms with Crippen molar-refractivity contribution in [2.75, 3.05) is 0 Å². The standard InChI is InChI=1S/C25H15Cl2NO2S/c26-21-10-9-15(11-22(21)27)14-28-24(29)23(31-25(28)30)13-20-18-7-3-1-5-16(18)12-17-6-2-4-8-19(17)20/h1-13H,14H2/b23-13-. The minimum Gasteiger partial charge on any atom is -0.268 e.